The molecule has 23 nitrogen and oxygen atoms in total. The molecule has 6 N–H and O–H groups in total. The van der Waals surface area contributed by atoms with Gasteiger partial charge in [-0.25, -0.2) is 10.8 Å². The van der Waals surface area contributed by atoms with Gasteiger partial charge in [0.05, 0.1) is 50.4 Å². The molecule has 572 valence electrons. The molecule has 0 saturated carbocycles. The van der Waals surface area contributed by atoms with Crippen LogP contribution in [0.1, 0.15) is 228 Å². The van der Waals surface area contributed by atoms with Gasteiger partial charge < -0.3 is 63.7 Å². The van der Waals surface area contributed by atoms with Crippen LogP contribution < -0.4 is 51.4 Å². The van der Waals surface area contributed by atoms with Crippen molar-refractivity contribution in [2.75, 3.05) is 88.2 Å². The molecule has 95 heavy (non-hydrogen) atoms. The van der Waals surface area contributed by atoms with Gasteiger partial charge in [0.1, 0.15) is 12.7 Å². The zero-order valence-electron chi connectivity index (χ0n) is 62.5. The first-order valence-electron chi connectivity index (χ1n) is 31.9. The van der Waals surface area contributed by atoms with Gasteiger partial charge in [-0.3, -0.25) is 28.3 Å². The maximum atomic E-state index is 11.5. The van der Waals surface area contributed by atoms with Crippen molar-refractivity contribution in [1.29, 1.82) is 5.26 Å². The quantitative estimate of drug-likeness (QED) is 0.00729. The second kappa shape index (κ2) is 102. The van der Waals surface area contributed by atoms with Gasteiger partial charge in [-0.05, 0) is 124 Å². The molecule has 0 heterocycles. The van der Waals surface area contributed by atoms with Gasteiger partial charge >= 0.3 is 67.8 Å². The molecule has 0 rings (SSSR count). The number of nitriles is 1. The molecular weight excluding hydrogens is 1360 g/mol. The van der Waals surface area contributed by atoms with Crippen molar-refractivity contribution in [3.63, 3.8) is 0 Å². The number of amides is 1. The molecule has 0 aromatic carbocycles. The molecule has 0 aliphatic carbocycles. The molecule has 0 saturated heterocycles. The molecule has 5 atom stereocenters. The summed E-state index contributed by atoms with van der Waals surface area (Å²) >= 11 is 5.27. The van der Waals surface area contributed by atoms with Crippen LogP contribution in [0.2, 0.25) is 0 Å². The normalized spacial score (nSPS) is 11.5. The number of nitrogens with zero attached hydrogens (tertiary/aromatic N) is 3. The number of allylic oxidation sites excluding steroid dienone is 2. The average Bonchev–Trinajstić information content (AvgIpc) is 2.89. The fraction of sp³-hybridized carbons (Fsp3) is 0.879. The van der Waals surface area contributed by atoms with Gasteiger partial charge in [-0.1, -0.05) is 138 Å². The fourth-order valence-corrected chi connectivity index (χ4v) is 5.57. The fourth-order valence-electron chi connectivity index (χ4n) is 5.40. The van der Waals surface area contributed by atoms with Gasteiger partial charge in [0.15, 0.2) is 0 Å². The number of hydrogen-bond donors (Lipinski definition) is 5. The van der Waals surface area contributed by atoms with E-state index in [9.17, 15) is 19.2 Å². The maximum absolute atomic E-state index is 11.5. The zero-order valence-corrected chi connectivity index (χ0v) is 69.6. The number of esters is 1. The van der Waals surface area contributed by atoms with Crippen LogP contribution in [0.15, 0.2) is 12.2 Å². The van der Waals surface area contributed by atoms with E-state index in [1.54, 1.807) is 19.0 Å². The first-order chi connectivity index (χ1) is 42.9. The van der Waals surface area contributed by atoms with Crippen molar-refractivity contribution >= 4 is 76.2 Å². The Kier molecular flexibility index (Phi) is 136. The molecule has 0 fully saturated rings. The molecule has 0 spiro atoms. The molecule has 0 aromatic heterocycles. The molecule has 0 aromatic rings. The molecule has 1 amide bonds. The summed E-state index contributed by atoms with van der Waals surface area (Å²) in [7, 11) is 9.66. The first-order valence-corrected chi connectivity index (χ1v) is 36.4. The van der Waals surface area contributed by atoms with Crippen molar-refractivity contribution in [3.8, 4) is 6.07 Å². The van der Waals surface area contributed by atoms with Crippen LogP contribution in [-0.2, 0) is 72.0 Å². The van der Waals surface area contributed by atoms with E-state index in [-0.39, 0.29) is 112 Å². The Hall–Kier alpha value is -1.03. The number of methoxy groups -OCH3 is 1. The molecular formula is C66H139Cl3KN3O20S2. The van der Waals surface area contributed by atoms with Crippen LogP contribution in [0.3, 0.4) is 0 Å². The van der Waals surface area contributed by atoms with E-state index in [1.807, 2.05) is 39.8 Å². The van der Waals surface area contributed by atoms with Crippen molar-refractivity contribution in [2.24, 2.45) is 35.5 Å². The monoisotopic (exact) mass is 1500 g/mol. The topological polar surface area (TPSA) is 347 Å². The second-order valence-electron chi connectivity index (χ2n) is 22.5. The van der Waals surface area contributed by atoms with Gasteiger partial charge in [-0.2, -0.15) is 13.7 Å². The predicted octanol–water partition coefficient (Wildman–Crippen LogP) is 12.0. The van der Waals surface area contributed by atoms with Crippen molar-refractivity contribution in [2.45, 2.75) is 259 Å². The van der Waals surface area contributed by atoms with E-state index in [0.717, 1.165) is 124 Å². The Bertz CT molecular complexity index is 1780. The minimum Gasteiger partial charge on any atom is -0.870 e. The molecule has 0 radical (unpaired) electrons. The van der Waals surface area contributed by atoms with Crippen LogP contribution in [0.25, 0.3) is 4.85 Å². The van der Waals surface area contributed by atoms with Gasteiger partial charge in [0.25, 0.3) is 6.47 Å². The van der Waals surface area contributed by atoms with E-state index < -0.39 is 19.6 Å². The maximum Gasteiger partial charge on any atom is 1.00 e. The number of aliphatic hydroxyl groups excluding tert-OH is 3. The van der Waals surface area contributed by atoms with Crippen LogP contribution in [0, 0.1) is 53.4 Å². The Morgan fingerprint density at radius 2 is 0.895 bits per heavy atom. The Morgan fingerprint density at radius 3 is 1.09 bits per heavy atom. The minimum atomic E-state index is -4.67. The second-order valence-corrected chi connectivity index (χ2v) is 26.3. The number of halogens is 3. The van der Waals surface area contributed by atoms with E-state index in [2.05, 4.69) is 133 Å². The third-order valence-electron chi connectivity index (χ3n) is 11.2. The summed E-state index contributed by atoms with van der Waals surface area (Å²) in [4.78, 5) is 47.9. The third kappa shape index (κ3) is 157. The summed E-state index contributed by atoms with van der Waals surface area (Å²) in [5, 5.41) is 29.8. The van der Waals surface area contributed by atoms with E-state index in [0.29, 0.717) is 81.0 Å². The number of rotatable bonds is 38. The van der Waals surface area contributed by atoms with Crippen LogP contribution in [0.5, 0.6) is 0 Å². The number of hydrogen-bond acceptors (Lipinski definition) is 19. The molecule has 0 aliphatic heterocycles. The number of aliphatic hydroxyl groups is 3. The Morgan fingerprint density at radius 1 is 0.611 bits per heavy atom. The summed E-state index contributed by atoms with van der Waals surface area (Å²) in [6.45, 7) is 50.1. The summed E-state index contributed by atoms with van der Waals surface area (Å²) < 4.78 is 77.7. The molecule has 5 unspecified atom stereocenters. The molecule has 29 heteroatoms. The number of ether oxygens (including phenoxy) is 7. The van der Waals surface area contributed by atoms with Crippen LogP contribution in [0.4, 0.5) is 0 Å². The first kappa shape index (κ1) is 127. The minimum absolute atomic E-state index is 0. The summed E-state index contributed by atoms with van der Waals surface area (Å²) in [5.41, 5.74) is 0. The van der Waals surface area contributed by atoms with Gasteiger partial charge in [-0.15, -0.1) is 0 Å². The SMILES string of the molecule is C.CC(C)CCO.CC/C=C/C#N.CCC(CC(=O)Cl)OCCC(C)C.CCC(CC(=O)N(C)C)OCCC(C)C.CCC(CC(=O)OC)OCCC(C)C.CCC(COC=O)OCCC(C)C.CO.CO.O=S(=O)(O)O.O=S(Cl)Cl.[C-]#[N+]CC(CC)OCCC(C)C.[K+].[OH-]. The van der Waals surface area contributed by atoms with Crippen molar-refractivity contribution < 1.29 is 146 Å². The van der Waals surface area contributed by atoms with E-state index in [4.69, 9.17) is 84.2 Å². The number of carbonyl (C=O) groups excluding carboxylic acids is 4. The Labute approximate surface area is 639 Å². The van der Waals surface area contributed by atoms with Crippen molar-refractivity contribution in [1.82, 2.24) is 4.90 Å². The Balaban J connectivity index is -0.0000000656. The van der Waals surface area contributed by atoms with Gasteiger partial charge in [0, 0.05) is 102 Å². The van der Waals surface area contributed by atoms with E-state index in [1.165, 1.54) is 13.2 Å². The summed E-state index contributed by atoms with van der Waals surface area (Å²) in [6, 6.07) is 1.89. The third-order valence-corrected chi connectivity index (χ3v) is 11.4. The van der Waals surface area contributed by atoms with E-state index >= 15 is 0 Å². The van der Waals surface area contributed by atoms with Gasteiger partial charge in [0.2, 0.25) is 26.9 Å². The van der Waals surface area contributed by atoms with Crippen LogP contribution >= 0.6 is 33.0 Å². The van der Waals surface area contributed by atoms with Crippen LogP contribution in [-0.4, -0.2) is 190 Å². The smallest absolute Gasteiger partial charge is 0.870 e. The molecule has 0 bridgehead atoms. The molecule has 0 aliphatic rings. The number of carbonyl (C=O) groups is 4. The summed E-state index contributed by atoms with van der Waals surface area (Å²) in [6.07, 6.45) is 16.4. The average molecular weight is 1500 g/mol. The summed E-state index contributed by atoms with van der Waals surface area (Å²) in [5.74, 6) is 3.89. The zero-order chi connectivity index (χ0) is 74.5. The largest absolute Gasteiger partial charge is 1.00 e. The van der Waals surface area contributed by atoms with Crippen molar-refractivity contribution in [3.05, 3.63) is 23.6 Å². The predicted molar refractivity (Wildman–Crippen MR) is 387 cm³/mol. The standard InChI is InChI=1S/C12H25NO2.C11H22O3.C10H19ClO2.C10H19NO.C10H20O3.C5H7N.C5H12O.2CH4O.CH4.Cl2OS.K.H2O4S.H2O/c1-6-11(9-12(14)13(4)5)15-8-7-10(2)3;1-5-10(8-11(12)13-4)14-7-6-9(2)3;1-4-9(7-10(11)12)13-6-5-8(2)3;1-5-10(8-11-4)12-7-6-9(2)3;1-4-10(7-12-8-11)13-6-5-9(2)3;1-2-3-4-5-6;1-5(2)3-4-6;2*1-2;;1-4(2)3;;1-5(2,3)4;/h10-11H,6-9H2,1-5H3;9-10H,5-8H2,1-4H3;8-9H,4-7H2,1-3H3;9-10H,5-8H2,1-3H3;8-10H,4-7H2,1-3H3;3-4H,2H2,1H3;5-6H,3-4H2,1-2H3;2*2H,1H3;1H4;;;(H2,1,2,3,4);1H2/q;;;;;;;;;;;+1;;/p-1/b;;;;;4-3+;;;;;;;;.